The zero-order chi connectivity index (χ0) is 18.5. The number of rotatable bonds is 7. The van der Waals surface area contributed by atoms with Gasteiger partial charge in [0.15, 0.2) is 5.76 Å². The summed E-state index contributed by atoms with van der Waals surface area (Å²) in [6.45, 7) is 3.45. The van der Waals surface area contributed by atoms with Crippen LogP contribution >= 0.6 is 11.6 Å². The molecule has 6 nitrogen and oxygen atoms in total. The van der Waals surface area contributed by atoms with Crippen LogP contribution in [0.25, 0.3) is 0 Å². The molecule has 0 aliphatic rings. The number of furan rings is 1. The summed E-state index contributed by atoms with van der Waals surface area (Å²) in [5.74, 6) is 1.28. The Hall–Kier alpha value is -2.73. The van der Waals surface area contributed by atoms with Gasteiger partial charge in [0.1, 0.15) is 18.1 Å². The van der Waals surface area contributed by atoms with Crippen LogP contribution in [0.3, 0.4) is 0 Å². The fraction of sp³-hybridized carbons (Fsp3) is 0.263. The standard InChI is InChI=1S/C19H20ClN3O3/c1-3-23-10-9-15(21-23)12-22(2)19(24)18-8-7-17(26-18)13-25-16-6-4-5-14(20)11-16/h4-11H,3,12-13H2,1-2H3. The van der Waals surface area contributed by atoms with E-state index in [1.54, 1.807) is 36.2 Å². The molecular weight excluding hydrogens is 354 g/mol. The van der Waals surface area contributed by atoms with Gasteiger partial charge < -0.3 is 14.1 Å². The van der Waals surface area contributed by atoms with Crippen LogP contribution in [0, 0.1) is 0 Å². The molecule has 3 rings (SSSR count). The predicted molar refractivity (Wildman–Crippen MR) is 98.2 cm³/mol. The molecule has 3 aromatic rings. The number of halogens is 1. The molecule has 26 heavy (non-hydrogen) atoms. The molecule has 0 bridgehead atoms. The summed E-state index contributed by atoms with van der Waals surface area (Å²) in [4.78, 5) is 14.1. The van der Waals surface area contributed by atoms with E-state index in [0.29, 0.717) is 23.1 Å². The van der Waals surface area contributed by atoms with Gasteiger partial charge in [-0.1, -0.05) is 17.7 Å². The molecule has 2 heterocycles. The summed E-state index contributed by atoms with van der Waals surface area (Å²) in [5, 5.41) is 4.98. The number of carbonyl (C=O) groups excluding carboxylic acids is 1. The third-order valence-electron chi connectivity index (χ3n) is 3.82. The van der Waals surface area contributed by atoms with E-state index in [1.165, 1.54) is 0 Å². The number of aryl methyl sites for hydroxylation is 1. The Morgan fingerprint density at radius 1 is 1.31 bits per heavy atom. The van der Waals surface area contributed by atoms with Gasteiger partial charge in [-0.15, -0.1) is 0 Å². The fourth-order valence-electron chi connectivity index (χ4n) is 2.45. The van der Waals surface area contributed by atoms with Crippen molar-refractivity contribution in [3.05, 3.63) is 70.9 Å². The van der Waals surface area contributed by atoms with Crippen molar-refractivity contribution in [3.63, 3.8) is 0 Å². The molecule has 1 aromatic carbocycles. The highest BCUT2D eigenvalue weighted by Gasteiger charge is 2.17. The number of nitrogens with zero attached hydrogens (tertiary/aromatic N) is 3. The normalized spacial score (nSPS) is 10.7. The number of hydrogen-bond donors (Lipinski definition) is 0. The lowest BCUT2D eigenvalue weighted by Crippen LogP contribution is -2.26. The highest BCUT2D eigenvalue weighted by Crippen LogP contribution is 2.19. The fourth-order valence-corrected chi connectivity index (χ4v) is 2.63. The first-order valence-corrected chi connectivity index (χ1v) is 8.68. The van der Waals surface area contributed by atoms with Gasteiger partial charge >= 0.3 is 0 Å². The van der Waals surface area contributed by atoms with E-state index in [4.69, 9.17) is 20.8 Å². The smallest absolute Gasteiger partial charge is 0.289 e. The number of aromatic nitrogens is 2. The molecule has 0 saturated carbocycles. The van der Waals surface area contributed by atoms with E-state index in [1.807, 2.05) is 36.0 Å². The molecule has 7 heteroatoms. The topological polar surface area (TPSA) is 60.5 Å². The second-order valence-electron chi connectivity index (χ2n) is 5.84. The van der Waals surface area contributed by atoms with Crippen LogP contribution in [0.2, 0.25) is 5.02 Å². The minimum absolute atomic E-state index is 0.204. The zero-order valence-corrected chi connectivity index (χ0v) is 15.4. The van der Waals surface area contributed by atoms with Gasteiger partial charge in [0.2, 0.25) is 0 Å². The summed E-state index contributed by atoms with van der Waals surface area (Å²) in [7, 11) is 1.72. The van der Waals surface area contributed by atoms with Gasteiger partial charge in [-0.3, -0.25) is 9.48 Å². The van der Waals surface area contributed by atoms with Gasteiger partial charge in [-0.2, -0.15) is 5.10 Å². The molecule has 0 radical (unpaired) electrons. The summed E-state index contributed by atoms with van der Waals surface area (Å²) < 4.78 is 13.1. The van der Waals surface area contributed by atoms with E-state index in [-0.39, 0.29) is 18.3 Å². The predicted octanol–water partition coefficient (Wildman–Crippen LogP) is 4.00. The van der Waals surface area contributed by atoms with E-state index in [2.05, 4.69) is 5.10 Å². The molecule has 0 unspecified atom stereocenters. The number of benzene rings is 1. The third-order valence-corrected chi connectivity index (χ3v) is 4.05. The monoisotopic (exact) mass is 373 g/mol. The van der Waals surface area contributed by atoms with E-state index < -0.39 is 0 Å². The molecule has 0 N–H and O–H groups in total. The van der Waals surface area contributed by atoms with Crippen molar-refractivity contribution in [2.75, 3.05) is 7.05 Å². The van der Waals surface area contributed by atoms with Crippen LogP contribution in [-0.2, 0) is 19.7 Å². The number of ether oxygens (including phenoxy) is 1. The molecule has 0 aliphatic carbocycles. The second-order valence-corrected chi connectivity index (χ2v) is 6.27. The third kappa shape index (κ3) is 4.46. The van der Waals surface area contributed by atoms with Crippen molar-refractivity contribution >= 4 is 17.5 Å². The van der Waals surface area contributed by atoms with Crippen molar-refractivity contribution in [1.29, 1.82) is 0 Å². The van der Waals surface area contributed by atoms with Crippen molar-refractivity contribution in [1.82, 2.24) is 14.7 Å². The average Bonchev–Trinajstić information content (AvgIpc) is 3.28. The van der Waals surface area contributed by atoms with Crippen LogP contribution in [0.1, 0.15) is 28.9 Å². The molecular formula is C19H20ClN3O3. The molecule has 0 saturated heterocycles. The molecule has 2 aromatic heterocycles. The average molecular weight is 374 g/mol. The molecule has 136 valence electrons. The molecule has 0 atom stereocenters. The van der Waals surface area contributed by atoms with Crippen molar-refractivity contribution in [2.24, 2.45) is 0 Å². The SMILES string of the molecule is CCn1ccc(CN(C)C(=O)c2ccc(COc3cccc(Cl)c3)o2)n1. The maximum Gasteiger partial charge on any atom is 0.289 e. The Bertz CT molecular complexity index is 888. The summed E-state index contributed by atoms with van der Waals surface area (Å²) in [5.41, 5.74) is 0.832. The number of amides is 1. The van der Waals surface area contributed by atoms with Crippen LogP contribution in [-0.4, -0.2) is 27.6 Å². The van der Waals surface area contributed by atoms with Crippen molar-refractivity contribution in [3.8, 4) is 5.75 Å². The van der Waals surface area contributed by atoms with Crippen LogP contribution in [0.5, 0.6) is 5.75 Å². The Balaban J connectivity index is 1.58. The molecule has 0 aliphatic heterocycles. The largest absolute Gasteiger partial charge is 0.486 e. The lowest BCUT2D eigenvalue weighted by molar-refractivity contribution is 0.0747. The summed E-state index contributed by atoms with van der Waals surface area (Å²) in [6, 6.07) is 12.4. The first-order chi connectivity index (χ1) is 12.5. The van der Waals surface area contributed by atoms with Crippen molar-refractivity contribution in [2.45, 2.75) is 26.6 Å². The summed E-state index contributed by atoms with van der Waals surface area (Å²) >= 11 is 5.92. The van der Waals surface area contributed by atoms with Crippen molar-refractivity contribution < 1.29 is 13.9 Å². The van der Waals surface area contributed by atoms with Crippen LogP contribution in [0.15, 0.2) is 53.1 Å². The molecule has 1 amide bonds. The Morgan fingerprint density at radius 2 is 2.15 bits per heavy atom. The Morgan fingerprint density at radius 3 is 2.88 bits per heavy atom. The van der Waals surface area contributed by atoms with Gasteiger partial charge in [0, 0.05) is 24.8 Å². The van der Waals surface area contributed by atoms with Gasteiger partial charge in [0.25, 0.3) is 5.91 Å². The first kappa shape index (κ1) is 18.1. The van der Waals surface area contributed by atoms with Gasteiger partial charge in [-0.05, 0) is 43.3 Å². The van der Waals surface area contributed by atoms with Gasteiger partial charge in [-0.25, -0.2) is 0 Å². The number of carbonyl (C=O) groups is 1. The van der Waals surface area contributed by atoms with E-state index >= 15 is 0 Å². The Labute approximate surface area is 156 Å². The quantitative estimate of drug-likeness (QED) is 0.628. The lowest BCUT2D eigenvalue weighted by Gasteiger charge is -2.14. The highest BCUT2D eigenvalue weighted by atomic mass is 35.5. The maximum atomic E-state index is 12.5. The first-order valence-electron chi connectivity index (χ1n) is 8.30. The second kappa shape index (κ2) is 8.10. The van der Waals surface area contributed by atoms with Gasteiger partial charge in [0.05, 0.1) is 12.2 Å². The zero-order valence-electron chi connectivity index (χ0n) is 14.7. The Kier molecular flexibility index (Phi) is 5.63. The molecule has 0 spiro atoms. The summed E-state index contributed by atoms with van der Waals surface area (Å²) in [6.07, 6.45) is 1.89. The highest BCUT2D eigenvalue weighted by molar-refractivity contribution is 6.30. The number of hydrogen-bond acceptors (Lipinski definition) is 4. The minimum atomic E-state index is -0.204. The molecule has 0 fully saturated rings. The van der Waals surface area contributed by atoms with E-state index in [0.717, 1.165) is 12.2 Å². The van der Waals surface area contributed by atoms with Crippen LogP contribution < -0.4 is 4.74 Å². The minimum Gasteiger partial charge on any atom is -0.486 e. The maximum absolute atomic E-state index is 12.5. The van der Waals surface area contributed by atoms with Crippen LogP contribution in [0.4, 0.5) is 0 Å². The van der Waals surface area contributed by atoms with E-state index in [9.17, 15) is 4.79 Å². The lowest BCUT2D eigenvalue weighted by atomic mass is 10.3.